The van der Waals surface area contributed by atoms with Gasteiger partial charge in [0.05, 0.1) is 12.1 Å². The van der Waals surface area contributed by atoms with Crippen LogP contribution >= 0.6 is 0 Å². The summed E-state index contributed by atoms with van der Waals surface area (Å²) in [5, 5.41) is 17.4. The van der Waals surface area contributed by atoms with Crippen LogP contribution in [0.3, 0.4) is 0 Å². The predicted octanol–water partition coefficient (Wildman–Crippen LogP) is 2.92. The molecule has 3 heterocycles. The van der Waals surface area contributed by atoms with Crippen LogP contribution in [0, 0.1) is 19.8 Å². The standard InChI is InChI=1S/C28H36N4O6S/c1-17(2)15-22(31-28(35)26-19(4)20-10-5-6-12-24(20)38-26)27(34)30-21-11-8-14-32(16-23(21)33)39(36,37)25-13-7-9-18(3)29-25/h5-7,9-10,12-13,17,21-23,33H,8,11,14-16H2,1-4H3,(H,30,34)(H,31,35). The predicted molar refractivity (Wildman–Crippen MR) is 147 cm³/mol. The first-order valence-electron chi connectivity index (χ1n) is 13.2. The zero-order chi connectivity index (χ0) is 28.3. The van der Waals surface area contributed by atoms with Crippen LogP contribution in [0.15, 0.2) is 51.9 Å². The molecular formula is C28H36N4O6S. The van der Waals surface area contributed by atoms with E-state index in [2.05, 4.69) is 15.6 Å². The highest BCUT2D eigenvalue weighted by molar-refractivity contribution is 7.89. The molecule has 0 saturated carbocycles. The van der Waals surface area contributed by atoms with Gasteiger partial charge in [0.15, 0.2) is 10.8 Å². The molecule has 1 aliphatic heterocycles. The zero-order valence-corrected chi connectivity index (χ0v) is 23.5. The van der Waals surface area contributed by atoms with Gasteiger partial charge in [-0.05, 0) is 57.2 Å². The highest BCUT2D eigenvalue weighted by atomic mass is 32.2. The lowest BCUT2D eigenvalue weighted by Crippen LogP contribution is -2.54. The van der Waals surface area contributed by atoms with Gasteiger partial charge in [0, 0.05) is 29.7 Å². The van der Waals surface area contributed by atoms with E-state index in [1.54, 1.807) is 32.0 Å². The third kappa shape index (κ3) is 6.48. The summed E-state index contributed by atoms with van der Waals surface area (Å²) in [7, 11) is -3.90. The quantitative estimate of drug-likeness (QED) is 0.387. The van der Waals surface area contributed by atoms with Gasteiger partial charge in [0.1, 0.15) is 11.6 Å². The summed E-state index contributed by atoms with van der Waals surface area (Å²) in [6, 6.07) is 10.6. The average molecular weight is 557 g/mol. The normalized spacial score (nSPS) is 19.5. The Labute approximate surface area is 228 Å². The fourth-order valence-corrected chi connectivity index (χ4v) is 6.38. The lowest BCUT2D eigenvalue weighted by Gasteiger charge is -2.27. The highest BCUT2D eigenvalue weighted by Crippen LogP contribution is 2.25. The molecule has 3 aromatic rings. The Hall–Kier alpha value is -3.28. The third-order valence-corrected chi connectivity index (χ3v) is 8.72. The minimum absolute atomic E-state index is 0.0715. The maximum absolute atomic E-state index is 13.4. The number of benzene rings is 1. The van der Waals surface area contributed by atoms with Gasteiger partial charge in [0.2, 0.25) is 5.91 Å². The van der Waals surface area contributed by atoms with E-state index >= 15 is 0 Å². The summed E-state index contributed by atoms with van der Waals surface area (Å²) in [6.07, 6.45) is 0.0562. The number of aliphatic hydroxyl groups is 1. The molecule has 3 N–H and O–H groups in total. The molecule has 2 aromatic heterocycles. The first-order chi connectivity index (χ1) is 18.5. The maximum atomic E-state index is 13.4. The molecule has 3 unspecified atom stereocenters. The highest BCUT2D eigenvalue weighted by Gasteiger charge is 2.35. The van der Waals surface area contributed by atoms with Crippen molar-refractivity contribution in [3.05, 3.63) is 59.5 Å². The summed E-state index contributed by atoms with van der Waals surface area (Å²) in [5.41, 5.74) is 1.86. The van der Waals surface area contributed by atoms with Crippen molar-refractivity contribution in [2.45, 2.75) is 70.2 Å². The molecule has 0 bridgehead atoms. The SMILES string of the molecule is Cc1cccc(S(=O)(=O)N2CCCC(NC(=O)C(CC(C)C)NC(=O)c3oc4ccccc4c3C)C(O)C2)n1. The Morgan fingerprint density at radius 1 is 1.15 bits per heavy atom. The van der Waals surface area contributed by atoms with E-state index < -0.39 is 40.0 Å². The summed E-state index contributed by atoms with van der Waals surface area (Å²) in [5.74, 6) is -0.683. The van der Waals surface area contributed by atoms with Crippen LogP contribution in [-0.2, 0) is 14.8 Å². The number of furan rings is 1. The van der Waals surface area contributed by atoms with Crippen LogP contribution in [0.4, 0.5) is 0 Å². The molecule has 1 saturated heterocycles. The number of carbonyl (C=O) groups is 2. The number of nitrogens with one attached hydrogen (secondary N) is 2. The first-order valence-corrected chi connectivity index (χ1v) is 14.6. The number of aryl methyl sites for hydroxylation is 2. The number of fused-ring (bicyclic) bond motifs is 1. The lowest BCUT2D eigenvalue weighted by atomic mass is 10.0. The Kier molecular flexibility index (Phi) is 8.73. The third-order valence-electron chi connectivity index (χ3n) is 6.95. The van der Waals surface area contributed by atoms with Crippen LogP contribution in [0.1, 0.15) is 54.9 Å². The second kappa shape index (κ2) is 11.8. The number of aromatic nitrogens is 1. The van der Waals surface area contributed by atoms with E-state index in [-0.39, 0.29) is 29.8 Å². The molecule has 0 aliphatic carbocycles. The second-order valence-electron chi connectivity index (χ2n) is 10.5. The van der Waals surface area contributed by atoms with Crippen molar-refractivity contribution in [1.29, 1.82) is 0 Å². The molecule has 4 rings (SSSR count). The second-order valence-corrected chi connectivity index (χ2v) is 12.4. The molecule has 0 spiro atoms. The number of amides is 2. The van der Waals surface area contributed by atoms with Gasteiger partial charge in [-0.3, -0.25) is 9.59 Å². The monoisotopic (exact) mass is 556 g/mol. The van der Waals surface area contributed by atoms with E-state index in [0.717, 1.165) is 5.39 Å². The van der Waals surface area contributed by atoms with Gasteiger partial charge >= 0.3 is 0 Å². The molecule has 0 radical (unpaired) electrons. The number of hydrogen-bond donors (Lipinski definition) is 3. The fourth-order valence-electron chi connectivity index (χ4n) is 4.89. The van der Waals surface area contributed by atoms with Gasteiger partial charge < -0.3 is 20.2 Å². The molecule has 3 atom stereocenters. The van der Waals surface area contributed by atoms with Crippen molar-refractivity contribution in [2.75, 3.05) is 13.1 Å². The van der Waals surface area contributed by atoms with Crippen molar-refractivity contribution >= 4 is 32.8 Å². The van der Waals surface area contributed by atoms with Crippen molar-refractivity contribution in [3.63, 3.8) is 0 Å². The minimum Gasteiger partial charge on any atom is -0.451 e. The van der Waals surface area contributed by atoms with Crippen LogP contribution in [0.2, 0.25) is 0 Å². The van der Waals surface area contributed by atoms with Crippen molar-refractivity contribution in [2.24, 2.45) is 5.92 Å². The maximum Gasteiger partial charge on any atom is 0.287 e. The zero-order valence-electron chi connectivity index (χ0n) is 22.7. The molecule has 10 nitrogen and oxygen atoms in total. The Morgan fingerprint density at radius 3 is 2.59 bits per heavy atom. The molecule has 1 fully saturated rings. The number of pyridine rings is 1. The number of aliphatic hydroxyl groups excluding tert-OH is 1. The Balaban J connectivity index is 1.46. The number of nitrogens with zero attached hydrogens (tertiary/aromatic N) is 2. The fraction of sp³-hybridized carbons (Fsp3) is 0.464. The van der Waals surface area contributed by atoms with Gasteiger partial charge in [-0.25, -0.2) is 13.4 Å². The van der Waals surface area contributed by atoms with Crippen LogP contribution in [-0.4, -0.2) is 65.9 Å². The first kappa shape index (κ1) is 28.7. The van der Waals surface area contributed by atoms with Crippen LogP contribution < -0.4 is 10.6 Å². The van der Waals surface area contributed by atoms with Crippen molar-refractivity contribution in [3.8, 4) is 0 Å². The molecular weight excluding hydrogens is 520 g/mol. The number of hydrogen-bond acceptors (Lipinski definition) is 7. The summed E-state index contributed by atoms with van der Waals surface area (Å²) in [4.78, 5) is 30.6. The van der Waals surface area contributed by atoms with Crippen molar-refractivity contribution < 1.29 is 27.5 Å². The van der Waals surface area contributed by atoms with Crippen molar-refractivity contribution in [1.82, 2.24) is 19.9 Å². The van der Waals surface area contributed by atoms with Crippen LogP contribution in [0.5, 0.6) is 0 Å². The summed E-state index contributed by atoms with van der Waals surface area (Å²) >= 11 is 0. The summed E-state index contributed by atoms with van der Waals surface area (Å²) < 4.78 is 33.3. The lowest BCUT2D eigenvalue weighted by molar-refractivity contribution is -0.125. The number of para-hydroxylation sites is 1. The van der Waals surface area contributed by atoms with E-state index in [1.807, 2.05) is 32.0 Å². The van der Waals surface area contributed by atoms with Crippen LogP contribution in [0.25, 0.3) is 11.0 Å². The van der Waals surface area contributed by atoms with E-state index in [0.29, 0.717) is 36.1 Å². The minimum atomic E-state index is -3.90. The van der Waals surface area contributed by atoms with E-state index in [1.165, 1.54) is 10.4 Å². The van der Waals surface area contributed by atoms with Gasteiger partial charge in [-0.15, -0.1) is 0 Å². The molecule has 1 aromatic carbocycles. The number of carbonyl (C=O) groups excluding carboxylic acids is 2. The molecule has 11 heteroatoms. The molecule has 1 aliphatic rings. The average Bonchev–Trinajstić information content (AvgIpc) is 3.11. The van der Waals surface area contributed by atoms with Gasteiger partial charge in [-0.2, -0.15) is 4.31 Å². The largest absolute Gasteiger partial charge is 0.451 e. The molecule has 2 amide bonds. The molecule has 39 heavy (non-hydrogen) atoms. The Morgan fingerprint density at radius 2 is 1.90 bits per heavy atom. The smallest absolute Gasteiger partial charge is 0.287 e. The number of rotatable bonds is 8. The van der Waals surface area contributed by atoms with Gasteiger partial charge in [0.25, 0.3) is 15.9 Å². The number of β-amino-alcohol motifs (C(OH)–C–C–N with tert-alkyl or cyclic N) is 1. The topological polar surface area (TPSA) is 142 Å². The summed E-state index contributed by atoms with van der Waals surface area (Å²) in [6.45, 7) is 7.42. The Bertz CT molecular complexity index is 1450. The van der Waals surface area contributed by atoms with Gasteiger partial charge in [-0.1, -0.05) is 38.1 Å². The molecule has 210 valence electrons. The van der Waals surface area contributed by atoms with E-state index in [9.17, 15) is 23.1 Å². The number of sulfonamides is 1. The van der Waals surface area contributed by atoms with E-state index in [4.69, 9.17) is 4.42 Å².